The van der Waals surface area contributed by atoms with Gasteiger partial charge in [0.2, 0.25) is 0 Å². The first-order valence-corrected chi connectivity index (χ1v) is 8.52. The van der Waals surface area contributed by atoms with E-state index < -0.39 is 0 Å². The second-order valence-corrected chi connectivity index (χ2v) is 6.12. The smallest absolute Gasteiger partial charge is 0.251 e. The standard InChI is InChI=1S/C17H18ClNOS/c1-12(15-5-3-4-6-16(15)18)19-17(20)14-9-7-13(8-10-14)11-21-2/h3-10,12H,11H2,1-2H3,(H,19,20). The van der Waals surface area contributed by atoms with Crippen LogP contribution in [0.15, 0.2) is 48.5 Å². The van der Waals surface area contributed by atoms with Gasteiger partial charge in [-0.05, 0) is 42.5 Å². The van der Waals surface area contributed by atoms with Crippen LogP contribution in [0.2, 0.25) is 5.02 Å². The maximum atomic E-state index is 12.2. The van der Waals surface area contributed by atoms with Gasteiger partial charge in [-0.1, -0.05) is 41.9 Å². The van der Waals surface area contributed by atoms with Crippen molar-refractivity contribution in [2.75, 3.05) is 6.26 Å². The Morgan fingerprint density at radius 3 is 2.48 bits per heavy atom. The molecule has 0 aliphatic carbocycles. The molecule has 2 aromatic carbocycles. The normalized spacial score (nSPS) is 12.0. The van der Waals surface area contributed by atoms with Gasteiger partial charge in [0.1, 0.15) is 0 Å². The molecule has 0 saturated carbocycles. The third-order valence-corrected chi connectivity index (χ3v) is 4.21. The Kier molecular flexibility index (Phi) is 5.71. The van der Waals surface area contributed by atoms with Crippen molar-refractivity contribution >= 4 is 29.3 Å². The lowest BCUT2D eigenvalue weighted by atomic mass is 10.1. The fourth-order valence-corrected chi connectivity index (χ4v) is 2.93. The summed E-state index contributed by atoms with van der Waals surface area (Å²) in [5, 5.41) is 3.64. The third-order valence-electron chi connectivity index (χ3n) is 3.25. The Bertz CT molecular complexity index is 612. The fraction of sp³-hybridized carbons (Fsp3) is 0.235. The molecule has 0 aliphatic rings. The average molecular weight is 320 g/mol. The van der Waals surface area contributed by atoms with E-state index in [0.29, 0.717) is 10.6 Å². The molecule has 0 aromatic heterocycles. The first-order valence-electron chi connectivity index (χ1n) is 6.75. The Morgan fingerprint density at radius 1 is 1.19 bits per heavy atom. The van der Waals surface area contributed by atoms with Crippen LogP contribution in [-0.2, 0) is 5.75 Å². The summed E-state index contributed by atoms with van der Waals surface area (Å²) in [6.45, 7) is 1.93. The molecular formula is C17H18ClNOS. The number of thioether (sulfide) groups is 1. The second-order valence-electron chi connectivity index (χ2n) is 4.85. The molecule has 1 amide bonds. The Morgan fingerprint density at radius 2 is 1.86 bits per heavy atom. The molecule has 1 unspecified atom stereocenters. The summed E-state index contributed by atoms with van der Waals surface area (Å²) >= 11 is 7.91. The van der Waals surface area contributed by atoms with E-state index in [-0.39, 0.29) is 11.9 Å². The zero-order valence-corrected chi connectivity index (χ0v) is 13.7. The van der Waals surface area contributed by atoms with Crippen molar-refractivity contribution in [3.63, 3.8) is 0 Å². The van der Waals surface area contributed by atoms with Crippen molar-refractivity contribution < 1.29 is 4.79 Å². The molecule has 0 fully saturated rings. The van der Waals surface area contributed by atoms with E-state index in [2.05, 4.69) is 11.6 Å². The molecule has 0 aliphatic heterocycles. The number of halogens is 1. The fourth-order valence-electron chi connectivity index (χ4n) is 2.10. The van der Waals surface area contributed by atoms with Crippen LogP contribution in [0, 0.1) is 0 Å². The molecule has 0 bridgehead atoms. The van der Waals surface area contributed by atoms with Gasteiger partial charge >= 0.3 is 0 Å². The maximum absolute atomic E-state index is 12.2. The second kappa shape index (κ2) is 7.53. The number of carbonyl (C=O) groups is 1. The predicted molar refractivity (Wildman–Crippen MR) is 91.0 cm³/mol. The minimum Gasteiger partial charge on any atom is -0.345 e. The number of rotatable bonds is 5. The zero-order valence-electron chi connectivity index (χ0n) is 12.1. The highest BCUT2D eigenvalue weighted by molar-refractivity contribution is 7.97. The van der Waals surface area contributed by atoms with E-state index in [9.17, 15) is 4.79 Å². The number of hydrogen-bond acceptors (Lipinski definition) is 2. The van der Waals surface area contributed by atoms with Crippen molar-refractivity contribution in [3.05, 3.63) is 70.2 Å². The quantitative estimate of drug-likeness (QED) is 0.866. The lowest BCUT2D eigenvalue weighted by Gasteiger charge is -2.15. The van der Waals surface area contributed by atoms with E-state index in [0.717, 1.165) is 11.3 Å². The summed E-state index contributed by atoms with van der Waals surface area (Å²) in [5.74, 6) is 0.871. The first-order chi connectivity index (χ1) is 10.1. The van der Waals surface area contributed by atoms with E-state index in [1.165, 1.54) is 5.56 Å². The molecule has 2 aromatic rings. The molecule has 0 heterocycles. The molecule has 1 atom stereocenters. The molecule has 0 saturated heterocycles. The molecule has 4 heteroatoms. The van der Waals surface area contributed by atoms with Gasteiger partial charge in [-0.2, -0.15) is 11.8 Å². The van der Waals surface area contributed by atoms with Gasteiger partial charge < -0.3 is 5.32 Å². The minimum absolute atomic E-state index is 0.0851. The lowest BCUT2D eigenvalue weighted by Crippen LogP contribution is -2.26. The highest BCUT2D eigenvalue weighted by atomic mass is 35.5. The van der Waals surface area contributed by atoms with Crippen LogP contribution in [0.1, 0.15) is 34.5 Å². The Balaban J connectivity index is 2.05. The number of hydrogen-bond donors (Lipinski definition) is 1. The highest BCUT2D eigenvalue weighted by Crippen LogP contribution is 2.22. The maximum Gasteiger partial charge on any atom is 0.251 e. The van der Waals surface area contributed by atoms with Crippen molar-refractivity contribution in [2.24, 2.45) is 0 Å². The summed E-state index contributed by atoms with van der Waals surface area (Å²) in [6, 6.07) is 15.1. The highest BCUT2D eigenvalue weighted by Gasteiger charge is 2.13. The summed E-state index contributed by atoms with van der Waals surface area (Å²) in [7, 11) is 0. The van der Waals surface area contributed by atoms with E-state index in [4.69, 9.17) is 11.6 Å². The van der Waals surface area contributed by atoms with Gasteiger partial charge in [-0.25, -0.2) is 0 Å². The first kappa shape index (κ1) is 15.9. The minimum atomic E-state index is -0.128. The van der Waals surface area contributed by atoms with Gasteiger partial charge in [-0.3, -0.25) is 4.79 Å². The van der Waals surface area contributed by atoms with Gasteiger partial charge in [0.05, 0.1) is 6.04 Å². The van der Waals surface area contributed by atoms with Gasteiger partial charge in [0, 0.05) is 16.3 Å². The van der Waals surface area contributed by atoms with Crippen LogP contribution >= 0.6 is 23.4 Å². The molecule has 0 spiro atoms. The van der Waals surface area contributed by atoms with E-state index in [1.54, 1.807) is 11.8 Å². The van der Waals surface area contributed by atoms with Crippen molar-refractivity contribution in [1.82, 2.24) is 5.32 Å². The van der Waals surface area contributed by atoms with Crippen molar-refractivity contribution in [1.29, 1.82) is 0 Å². The predicted octanol–water partition coefficient (Wildman–Crippen LogP) is 4.69. The summed E-state index contributed by atoms with van der Waals surface area (Å²) in [5.41, 5.74) is 2.81. The molecule has 1 N–H and O–H groups in total. The Hall–Kier alpha value is -1.45. The van der Waals surface area contributed by atoms with Crippen molar-refractivity contribution in [2.45, 2.75) is 18.7 Å². The van der Waals surface area contributed by atoms with Crippen LogP contribution in [0.25, 0.3) is 0 Å². The summed E-state index contributed by atoms with van der Waals surface area (Å²) < 4.78 is 0. The lowest BCUT2D eigenvalue weighted by molar-refractivity contribution is 0.0940. The van der Waals surface area contributed by atoms with Crippen LogP contribution in [-0.4, -0.2) is 12.2 Å². The molecular weight excluding hydrogens is 302 g/mol. The average Bonchev–Trinajstić information content (AvgIpc) is 2.48. The topological polar surface area (TPSA) is 29.1 Å². The van der Waals surface area contributed by atoms with Gasteiger partial charge in [-0.15, -0.1) is 0 Å². The van der Waals surface area contributed by atoms with Gasteiger partial charge in [0.15, 0.2) is 0 Å². The van der Waals surface area contributed by atoms with Crippen LogP contribution in [0.3, 0.4) is 0 Å². The Labute approximate surface area is 134 Å². The number of nitrogens with one attached hydrogen (secondary N) is 1. The zero-order chi connectivity index (χ0) is 15.2. The summed E-state index contributed by atoms with van der Waals surface area (Å²) in [6.07, 6.45) is 2.06. The SMILES string of the molecule is CSCc1ccc(C(=O)NC(C)c2ccccc2Cl)cc1. The molecule has 2 rings (SSSR count). The number of amides is 1. The van der Waals surface area contributed by atoms with E-state index >= 15 is 0 Å². The van der Waals surface area contributed by atoms with Crippen molar-refractivity contribution in [3.8, 4) is 0 Å². The van der Waals surface area contributed by atoms with Crippen LogP contribution < -0.4 is 5.32 Å². The third kappa shape index (κ3) is 4.26. The molecule has 0 radical (unpaired) electrons. The number of benzene rings is 2. The molecule has 2 nitrogen and oxygen atoms in total. The molecule has 110 valence electrons. The van der Waals surface area contributed by atoms with Crippen LogP contribution in [0.4, 0.5) is 0 Å². The van der Waals surface area contributed by atoms with Crippen LogP contribution in [0.5, 0.6) is 0 Å². The largest absolute Gasteiger partial charge is 0.345 e. The number of carbonyl (C=O) groups excluding carboxylic acids is 1. The summed E-state index contributed by atoms with van der Waals surface area (Å²) in [4.78, 5) is 12.2. The van der Waals surface area contributed by atoms with E-state index in [1.807, 2.05) is 55.5 Å². The van der Waals surface area contributed by atoms with Gasteiger partial charge in [0.25, 0.3) is 5.91 Å². The monoisotopic (exact) mass is 319 g/mol. The molecule has 21 heavy (non-hydrogen) atoms.